The third-order valence-electron chi connectivity index (χ3n) is 5.35. The molecule has 0 aromatic heterocycles. The summed E-state index contributed by atoms with van der Waals surface area (Å²) in [5.41, 5.74) is 1.05. The van der Waals surface area contributed by atoms with E-state index in [1.54, 1.807) is 7.11 Å². The van der Waals surface area contributed by atoms with E-state index in [0.29, 0.717) is 13.2 Å². The molecule has 2 fully saturated rings. The molecule has 0 unspecified atom stereocenters. The van der Waals surface area contributed by atoms with Crippen LogP contribution in [-0.4, -0.2) is 39.3 Å². The van der Waals surface area contributed by atoms with Crippen LogP contribution >= 0.6 is 15.9 Å². The quantitative estimate of drug-likeness (QED) is 0.797. The Hall–Kier alpha value is -0.910. The number of amides is 1. The average Bonchev–Trinajstić information content (AvgIpc) is 3.35. The second-order valence-corrected chi connectivity index (χ2v) is 7.76. The SMILES string of the molecule is COCC1(C(=O)NCC2(c3ccccc3Br)CC2)CCNCC1. The Kier molecular flexibility index (Phi) is 5.09. The summed E-state index contributed by atoms with van der Waals surface area (Å²) >= 11 is 3.65. The first-order valence-electron chi connectivity index (χ1n) is 8.35. The van der Waals surface area contributed by atoms with Gasteiger partial charge >= 0.3 is 0 Å². The lowest BCUT2D eigenvalue weighted by molar-refractivity contribution is -0.136. The summed E-state index contributed by atoms with van der Waals surface area (Å²) in [6.45, 7) is 2.98. The van der Waals surface area contributed by atoms with Gasteiger partial charge in [0.05, 0.1) is 12.0 Å². The van der Waals surface area contributed by atoms with Crippen molar-refractivity contribution in [3.8, 4) is 0 Å². The Labute approximate surface area is 146 Å². The van der Waals surface area contributed by atoms with E-state index in [2.05, 4.69) is 44.8 Å². The molecule has 5 heteroatoms. The molecule has 4 nitrogen and oxygen atoms in total. The Morgan fingerprint density at radius 2 is 1.96 bits per heavy atom. The van der Waals surface area contributed by atoms with Gasteiger partial charge in [0.15, 0.2) is 0 Å². The number of hydrogen-bond donors (Lipinski definition) is 2. The third-order valence-corrected chi connectivity index (χ3v) is 6.04. The summed E-state index contributed by atoms with van der Waals surface area (Å²) in [5, 5.41) is 6.57. The lowest BCUT2D eigenvalue weighted by Gasteiger charge is -2.36. The van der Waals surface area contributed by atoms with Crippen LogP contribution in [0.15, 0.2) is 28.7 Å². The van der Waals surface area contributed by atoms with Gasteiger partial charge in [-0.2, -0.15) is 0 Å². The molecule has 2 N–H and O–H groups in total. The lowest BCUT2D eigenvalue weighted by Crippen LogP contribution is -2.51. The Morgan fingerprint density at radius 3 is 2.57 bits per heavy atom. The molecule has 1 saturated carbocycles. The molecule has 2 aliphatic rings. The number of nitrogens with one attached hydrogen (secondary N) is 2. The summed E-state index contributed by atoms with van der Waals surface area (Å²) < 4.78 is 6.50. The normalized spacial score (nSPS) is 21.7. The highest BCUT2D eigenvalue weighted by Crippen LogP contribution is 2.50. The van der Waals surface area contributed by atoms with Crippen molar-refractivity contribution in [1.29, 1.82) is 0 Å². The van der Waals surface area contributed by atoms with Crippen molar-refractivity contribution >= 4 is 21.8 Å². The number of carbonyl (C=O) groups is 1. The minimum Gasteiger partial charge on any atom is -0.384 e. The van der Waals surface area contributed by atoms with Gasteiger partial charge in [-0.3, -0.25) is 4.79 Å². The predicted molar refractivity (Wildman–Crippen MR) is 94.5 cm³/mol. The zero-order chi connectivity index (χ0) is 16.3. The summed E-state index contributed by atoms with van der Waals surface area (Å²) in [4.78, 5) is 12.9. The van der Waals surface area contributed by atoms with Gasteiger partial charge in [0.25, 0.3) is 0 Å². The molecule has 0 radical (unpaired) electrons. The molecule has 1 amide bonds. The van der Waals surface area contributed by atoms with Crippen molar-refractivity contribution in [2.24, 2.45) is 5.41 Å². The highest BCUT2D eigenvalue weighted by atomic mass is 79.9. The fourth-order valence-corrected chi connectivity index (χ4v) is 4.34. The molecular formula is C18H25BrN2O2. The number of methoxy groups -OCH3 is 1. The summed E-state index contributed by atoms with van der Waals surface area (Å²) in [6, 6.07) is 8.35. The van der Waals surface area contributed by atoms with E-state index in [0.717, 1.165) is 43.2 Å². The van der Waals surface area contributed by atoms with Gasteiger partial charge in [-0.15, -0.1) is 0 Å². The molecule has 126 valence electrons. The van der Waals surface area contributed by atoms with E-state index in [4.69, 9.17) is 4.74 Å². The maximum atomic E-state index is 12.9. The summed E-state index contributed by atoms with van der Waals surface area (Å²) in [5.74, 6) is 0.152. The Bertz CT molecular complexity index is 560. The van der Waals surface area contributed by atoms with Crippen LogP contribution in [0.3, 0.4) is 0 Å². The van der Waals surface area contributed by atoms with Crippen molar-refractivity contribution in [2.45, 2.75) is 31.1 Å². The maximum Gasteiger partial charge on any atom is 0.228 e. The van der Waals surface area contributed by atoms with Crippen molar-refractivity contribution in [2.75, 3.05) is 33.4 Å². The number of benzene rings is 1. The van der Waals surface area contributed by atoms with Crippen LogP contribution in [0.4, 0.5) is 0 Å². The molecule has 1 saturated heterocycles. The first kappa shape index (κ1) is 16.9. The van der Waals surface area contributed by atoms with Gasteiger partial charge in [-0.1, -0.05) is 34.1 Å². The van der Waals surface area contributed by atoms with Gasteiger partial charge < -0.3 is 15.4 Å². The molecule has 1 aromatic carbocycles. The highest BCUT2D eigenvalue weighted by Gasteiger charge is 2.47. The van der Waals surface area contributed by atoms with E-state index in [9.17, 15) is 4.79 Å². The molecule has 1 aliphatic heterocycles. The van der Waals surface area contributed by atoms with Crippen molar-refractivity contribution in [3.63, 3.8) is 0 Å². The van der Waals surface area contributed by atoms with Gasteiger partial charge in [0.1, 0.15) is 0 Å². The van der Waals surface area contributed by atoms with Gasteiger partial charge in [-0.25, -0.2) is 0 Å². The Morgan fingerprint density at radius 1 is 1.26 bits per heavy atom. The largest absolute Gasteiger partial charge is 0.384 e. The minimum atomic E-state index is -0.371. The van der Waals surface area contributed by atoms with Crippen molar-refractivity contribution < 1.29 is 9.53 Å². The highest BCUT2D eigenvalue weighted by molar-refractivity contribution is 9.10. The molecular weight excluding hydrogens is 356 g/mol. The number of hydrogen-bond acceptors (Lipinski definition) is 3. The number of piperidine rings is 1. The van der Waals surface area contributed by atoms with Gasteiger partial charge in [-0.05, 0) is 50.4 Å². The van der Waals surface area contributed by atoms with Crippen molar-refractivity contribution in [1.82, 2.24) is 10.6 Å². The monoisotopic (exact) mass is 380 g/mol. The molecule has 0 bridgehead atoms. The number of rotatable bonds is 6. The number of ether oxygens (including phenoxy) is 1. The average molecular weight is 381 g/mol. The molecule has 23 heavy (non-hydrogen) atoms. The van der Waals surface area contributed by atoms with Crippen LogP contribution in [-0.2, 0) is 14.9 Å². The molecule has 0 spiro atoms. The lowest BCUT2D eigenvalue weighted by atomic mass is 9.78. The molecule has 1 aliphatic carbocycles. The van der Waals surface area contributed by atoms with E-state index in [-0.39, 0.29) is 16.7 Å². The van der Waals surface area contributed by atoms with E-state index in [1.807, 2.05) is 6.07 Å². The fraction of sp³-hybridized carbons (Fsp3) is 0.611. The van der Waals surface area contributed by atoms with E-state index in [1.165, 1.54) is 5.56 Å². The molecule has 1 aromatic rings. The van der Waals surface area contributed by atoms with E-state index >= 15 is 0 Å². The minimum absolute atomic E-state index is 0.108. The summed E-state index contributed by atoms with van der Waals surface area (Å²) in [6.07, 6.45) is 3.95. The van der Waals surface area contributed by atoms with Crippen LogP contribution in [0.2, 0.25) is 0 Å². The maximum absolute atomic E-state index is 12.9. The van der Waals surface area contributed by atoms with Crippen molar-refractivity contribution in [3.05, 3.63) is 34.3 Å². The van der Waals surface area contributed by atoms with Crippen LogP contribution in [0, 0.1) is 5.41 Å². The number of halogens is 1. The third kappa shape index (κ3) is 3.47. The van der Waals surface area contributed by atoms with Gasteiger partial charge in [0, 0.05) is 23.5 Å². The predicted octanol–water partition coefficient (Wildman–Crippen LogP) is 2.61. The van der Waals surface area contributed by atoms with Crippen LogP contribution < -0.4 is 10.6 Å². The summed E-state index contributed by atoms with van der Waals surface area (Å²) in [7, 11) is 1.68. The van der Waals surface area contributed by atoms with E-state index < -0.39 is 0 Å². The van der Waals surface area contributed by atoms with Crippen LogP contribution in [0.1, 0.15) is 31.2 Å². The number of carbonyl (C=O) groups excluding carboxylic acids is 1. The molecule has 3 rings (SSSR count). The second kappa shape index (κ2) is 6.91. The topological polar surface area (TPSA) is 50.4 Å². The first-order valence-corrected chi connectivity index (χ1v) is 9.14. The smallest absolute Gasteiger partial charge is 0.228 e. The standard InChI is InChI=1S/C18H25BrN2O2/c1-23-13-18(8-10-20-11-9-18)16(22)21-12-17(6-7-17)14-4-2-3-5-15(14)19/h2-5,20H,6-13H2,1H3,(H,21,22). The molecule has 1 heterocycles. The van der Waals surface area contributed by atoms with Crippen LogP contribution in [0.25, 0.3) is 0 Å². The zero-order valence-electron chi connectivity index (χ0n) is 13.7. The first-order chi connectivity index (χ1) is 11.1. The van der Waals surface area contributed by atoms with Crippen LogP contribution in [0.5, 0.6) is 0 Å². The van der Waals surface area contributed by atoms with Gasteiger partial charge in [0.2, 0.25) is 5.91 Å². The zero-order valence-corrected chi connectivity index (χ0v) is 15.2. The molecule has 0 atom stereocenters. The second-order valence-electron chi connectivity index (χ2n) is 6.91. The Balaban J connectivity index is 1.67. The fourth-order valence-electron chi connectivity index (χ4n) is 3.64.